The van der Waals surface area contributed by atoms with Gasteiger partial charge in [0.05, 0.1) is 22.1 Å². The van der Waals surface area contributed by atoms with Crippen LogP contribution < -0.4 is 0 Å². The molecule has 0 saturated carbocycles. The Morgan fingerprint density at radius 1 is 1.50 bits per heavy atom. The number of carboxylic acids is 1. The predicted molar refractivity (Wildman–Crippen MR) is 74.7 cm³/mol. The summed E-state index contributed by atoms with van der Waals surface area (Å²) in [6.07, 6.45) is 0. The predicted octanol–water partition coefficient (Wildman–Crippen LogP) is 1.69. The first kappa shape index (κ1) is 16.9. The van der Waals surface area contributed by atoms with Crippen LogP contribution in [0.2, 0.25) is 5.02 Å². The van der Waals surface area contributed by atoms with Gasteiger partial charge >= 0.3 is 5.97 Å². The second-order valence-electron chi connectivity index (χ2n) is 4.27. The van der Waals surface area contributed by atoms with Crippen LogP contribution in [0, 0.1) is 0 Å². The van der Waals surface area contributed by atoms with E-state index >= 15 is 0 Å². The SMILES string of the molecule is COCC(C)N(C)S(=O)(=O)c1ccc(C(=O)O)c(Cl)c1. The van der Waals surface area contributed by atoms with Crippen LogP contribution >= 0.6 is 11.6 Å². The van der Waals surface area contributed by atoms with Crippen LogP contribution in [0.25, 0.3) is 0 Å². The fourth-order valence-electron chi connectivity index (χ4n) is 1.58. The molecule has 0 amide bonds. The highest BCUT2D eigenvalue weighted by Gasteiger charge is 2.26. The number of halogens is 1. The molecule has 20 heavy (non-hydrogen) atoms. The molecule has 0 aliphatic carbocycles. The first-order chi connectivity index (χ1) is 9.21. The minimum absolute atomic E-state index is 0.0575. The van der Waals surface area contributed by atoms with Gasteiger partial charge in [0.25, 0.3) is 0 Å². The molecule has 1 rings (SSSR count). The highest BCUT2D eigenvalue weighted by atomic mass is 35.5. The monoisotopic (exact) mass is 321 g/mol. The van der Waals surface area contributed by atoms with Crippen LogP contribution in [0.5, 0.6) is 0 Å². The van der Waals surface area contributed by atoms with Gasteiger partial charge < -0.3 is 9.84 Å². The molecule has 0 aliphatic heterocycles. The van der Waals surface area contributed by atoms with Crippen LogP contribution in [0.15, 0.2) is 23.1 Å². The molecule has 0 bridgehead atoms. The Bertz CT molecular complexity index is 602. The molecule has 1 aromatic rings. The van der Waals surface area contributed by atoms with E-state index in [0.29, 0.717) is 0 Å². The van der Waals surface area contributed by atoms with Gasteiger partial charge in [-0.3, -0.25) is 0 Å². The third kappa shape index (κ3) is 3.49. The standard InChI is InChI=1S/C12H16ClNO5S/c1-8(7-19-3)14(2)20(17,18)9-4-5-10(12(15)16)11(13)6-9/h4-6,8H,7H2,1-3H3,(H,15,16). The maximum absolute atomic E-state index is 12.3. The number of aromatic carboxylic acids is 1. The topological polar surface area (TPSA) is 83.9 Å². The lowest BCUT2D eigenvalue weighted by atomic mass is 10.2. The van der Waals surface area contributed by atoms with Crippen molar-refractivity contribution in [3.8, 4) is 0 Å². The average molecular weight is 322 g/mol. The average Bonchev–Trinajstić information content (AvgIpc) is 2.37. The third-order valence-corrected chi connectivity index (χ3v) is 5.16. The van der Waals surface area contributed by atoms with E-state index in [-0.39, 0.29) is 28.1 Å². The van der Waals surface area contributed by atoms with Gasteiger partial charge in [0, 0.05) is 20.2 Å². The van der Waals surface area contributed by atoms with E-state index < -0.39 is 16.0 Å². The summed E-state index contributed by atoms with van der Waals surface area (Å²) < 4.78 is 30.8. The molecule has 6 nitrogen and oxygen atoms in total. The quantitative estimate of drug-likeness (QED) is 0.862. The number of carboxylic acid groups (broad SMARTS) is 1. The minimum atomic E-state index is -3.75. The lowest BCUT2D eigenvalue weighted by molar-refractivity contribution is 0.0697. The maximum atomic E-state index is 12.3. The summed E-state index contributed by atoms with van der Waals surface area (Å²) >= 11 is 5.79. The molecule has 0 heterocycles. The highest BCUT2D eigenvalue weighted by molar-refractivity contribution is 7.89. The van der Waals surface area contributed by atoms with Crippen LogP contribution in [0.4, 0.5) is 0 Å². The fourth-order valence-corrected chi connectivity index (χ4v) is 3.28. The molecular weight excluding hydrogens is 306 g/mol. The molecule has 112 valence electrons. The van der Waals surface area contributed by atoms with E-state index in [1.54, 1.807) is 6.92 Å². The van der Waals surface area contributed by atoms with Gasteiger partial charge in [0.15, 0.2) is 0 Å². The summed E-state index contributed by atoms with van der Waals surface area (Å²) in [6.45, 7) is 1.95. The normalized spacial score (nSPS) is 13.4. The fraction of sp³-hybridized carbons (Fsp3) is 0.417. The molecule has 1 atom stereocenters. The van der Waals surface area contributed by atoms with E-state index in [9.17, 15) is 13.2 Å². The number of nitrogens with zero attached hydrogens (tertiary/aromatic N) is 1. The number of methoxy groups -OCH3 is 1. The lowest BCUT2D eigenvalue weighted by Gasteiger charge is -2.23. The third-order valence-electron chi connectivity index (χ3n) is 2.88. The number of hydrogen-bond donors (Lipinski definition) is 1. The molecule has 1 aromatic carbocycles. The van der Waals surface area contributed by atoms with E-state index in [4.69, 9.17) is 21.4 Å². The van der Waals surface area contributed by atoms with Crippen molar-refractivity contribution < 1.29 is 23.1 Å². The number of likely N-dealkylation sites (N-methyl/N-ethyl adjacent to an activating group) is 1. The second kappa shape index (κ2) is 6.53. The zero-order valence-corrected chi connectivity index (χ0v) is 12.9. The van der Waals surface area contributed by atoms with Crippen molar-refractivity contribution >= 4 is 27.6 Å². The van der Waals surface area contributed by atoms with Crippen molar-refractivity contribution in [1.82, 2.24) is 4.31 Å². The number of hydrogen-bond acceptors (Lipinski definition) is 4. The number of rotatable bonds is 6. The van der Waals surface area contributed by atoms with Crippen molar-refractivity contribution in [1.29, 1.82) is 0 Å². The second-order valence-corrected chi connectivity index (χ2v) is 6.68. The molecule has 0 saturated heterocycles. The number of sulfonamides is 1. The Labute approximate surface area is 123 Å². The molecule has 0 aromatic heterocycles. The Balaban J connectivity index is 3.16. The van der Waals surface area contributed by atoms with Crippen molar-refractivity contribution in [3.63, 3.8) is 0 Å². The summed E-state index contributed by atoms with van der Waals surface area (Å²) in [5.74, 6) is -1.21. The molecule has 0 radical (unpaired) electrons. The van der Waals surface area contributed by atoms with Gasteiger partial charge in [-0.25, -0.2) is 13.2 Å². The van der Waals surface area contributed by atoms with E-state index in [2.05, 4.69) is 0 Å². The Kier molecular flexibility index (Phi) is 5.52. The van der Waals surface area contributed by atoms with Crippen LogP contribution in [0.1, 0.15) is 17.3 Å². The van der Waals surface area contributed by atoms with Crippen molar-refractivity contribution in [2.75, 3.05) is 20.8 Å². The lowest BCUT2D eigenvalue weighted by Crippen LogP contribution is -2.37. The molecule has 1 N–H and O–H groups in total. The van der Waals surface area contributed by atoms with Crippen LogP contribution in [-0.2, 0) is 14.8 Å². The molecule has 0 aliphatic rings. The number of ether oxygens (including phenoxy) is 1. The van der Waals surface area contributed by atoms with Crippen molar-refractivity contribution in [2.45, 2.75) is 17.9 Å². The van der Waals surface area contributed by atoms with E-state index in [0.717, 1.165) is 10.4 Å². The van der Waals surface area contributed by atoms with E-state index in [1.165, 1.54) is 26.3 Å². The van der Waals surface area contributed by atoms with Gasteiger partial charge in [-0.2, -0.15) is 4.31 Å². The zero-order valence-electron chi connectivity index (χ0n) is 11.3. The zero-order chi connectivity index (χ0) is 15.5. The molecule has 8 heteroatoms. The Hall–Kier alpha value is -1.15. The molecular formula is C12H16ClNO5S. The summed E-state index contributed by atoms with van der Waals surface area (Å²) in [5, 5.41) is 8.75. The number of carbonyl (C=O) groups is 1. The molecule has 0 spiro atoms. The van der Waals surface area contributed by atoms with Gasteiger partial charge in [0.1, 0.15) is 0 Å². The van der Waals surface area contributed by atoms with Crippen molar-refractivity contribution in [2.24, 2.45) is 0 Å². The highest BCUT2D eigenvalue weighted by Crippen LogP contribution is 2.23. The maximum Gasteiger partial charge on any atom is 0.337 e. The summed E-state index contributed by atoms with van der Waals surface area (Å²) in [4.78, 5) is 10.8. The van der Waals surface area contributed by atoms with Crippen molar-refractivity contribution in [3.05, 3.63) is 28.8 Å². The van der Waals surface area contributed by atoms with Gasteiger partial charge in [-0.05, 0) is 25.1 Å². The Morgan fingerprint density at radius 2 is 2.10 bits per heavy atom. The summed E-state index contributed by atoms with van der Waals surface area (Å²) in [7, 11) is -0.839. The minimum Gasteiger partial charge on any atom is -0.478 e. The summed E-state index contributed by atoms with van der Waals surface area (Å²) in [5.41, 5.74) is -0.141. The number of benzene rings is 1. The van der Waals surface area contributed by atoms with Gasteiger partial charge in [-0.1, -0.05) is 11.6 Å². The first-order valence-corrected chi connectivity index (χ1v) is 7.53. The molecule has 1 unspecified atom stereocenters. The largest absolute Gasteiger partial charge is 0.478 e. The van der Waals surface area contributed by atoms with E-state index in [1.807, 2.05) is 0 Å². The van der Waals surface area contributed by atoms with Crippen LogP contribution in [-0.4, -0.2) is 50.6 Å². The molecule has 0 fully saturated rings. The Morgan fingerprint density at radius 3 is 2.55 bits per heavy atom. The van der Waals surface area contributed by atoms with Gasteiger partial charge in [0.2, 0.25) is 10.0 Å². The first-order valence-electron chi connectivity index (χ1n) is 5.71. The summed E-state index contributed by atoms with van der Waals surface area (Å²) in [6, 6.07) is 3.17. The van der Waals surface area contributed by atoms with Crippen LogP contribution in [0.3, 0.4) is 0 Å². The van der Waals surface area contributed by atoms with Gasteiger partial charge in [-0.15, -0.1) is 0 Å². The smallest absolute Gasteiger partial charge is 0.337 e.